The molecule has 0 aliphatic carbocycles. The minimum absolute atomic E-state index is 0.00357. The number of carbonyl (C=O) groups is 2. The van der Waals surface area contributed by atoms with Crippen LogP contribution in [0.1, 0.15) is 46.5 Å². The number of Topliss-reactive ketones (excluding diaryl/α,β-unsaturated/α-hetero) is 1. The normalized spacial score (nSPS) is 12.1. The summed E-state index contributed by atoms with van der Waals surface area (Å²) in [6.07, 6.45) is -1.17. The van der Waals surface area contributed by atoms with E-state index in [-0.39, 0.29) is 31.5 Å². The molecule has 0 aromatic heterocycles. The third kappa shape index (κ3) is 13.0. The van der Waals surface area contributed by atoms with Gasteiger partial charge < -0.3 is 4.74 Å². The van der Waals surface area contributed by atoms with Gasteiger partial charge in [-0.3, -0.25) is 9.59 Å². The first-order valence-corrected chi connectivity index (χ1v) is 6.85. The summed E-state index contributed by atoms with van der Waals surface area (Å²) >= 11 is 0. The van der Waals surface area contributed by atoms with Crippen molar-refractivity contribution in [2.75, 3.05) is 6.61 Å². The van der Waals surface area contributed by atoms with Gasteiger partial charge in [-0.25, -0.2) is 10.4 Å². The predicted octanol–water partition coefficient (Wildman–Crippen LogP) is 1.03. The zero-order chi connectivity index (χ0) is 18.0. The molecule has 0 saturated carbocycles. The lowest BCUT2D eigenvalue weighted by Crippen LogP contribution is -2.26. The van der Waals surface area contributed by atoms with E-state index in [1.54, 1.807) is 20.8 Å². The summed E-state index contributed by atoms with van der Waals surface area (Å²) in [6, 6.07) is 0. The average Bonchev–Trinajstić information content (AvgIpc) is 2.32. The topological polar surface area (TPSA) is 142 Å². The first-order chi connectivity index (χ1) is 10.5. The molecule has 0 radical (unpaired) electrons. The van der Waals surface area contributed by atoms with Crippen molar-refractivity contribution in [3.05, 3.63) is 9.81 Å². The minimum Gasteiger partial charge on any atom is -0.460 e. The summed E-state index contributed by atoms with van der Waals surface area (Å²) in [7, 11) is 0. The SMILES string of the molecule is CC(C)(C)OC(=O)CC(=O)CCCC(CO[N+](=O)O)O[N+](=O)O. The van der Waals surface area contributed by atoms with Gasteiger partial charge in [0.05, 0.1) is 0 Å². The molecule has 0 rings (SSSR count). The Morgan fingerprint density at radius 3 is 2.22 bits per heavy atom. The molecule has 0 saturated heterocycles. The lowest BCUT2D eigenvalue weighted by molar-refractivity contribution is -0.995. The average molecular weight is 338 g/mol. The molecule has 0 aliphatic rings. The Morgan fingerprint density at radius 2 is 1.74 bits per heavy atom. The molecule has 0 bridgehead atoms. The van der Waals surface area contributed by atoms with E-state index in [9.17, 15) is 19.4 Å². The maximum absolute atomic E-state index is 11.6. The molecule has 132 valence electrons. The molecule has 0 amide bonds. The highest BCUT2D eigenvalue weighted by Gasteiger charge is 2.25. The van der Waals surface area contributed by atoms with Crippen LogP contribution in [0.2, 0.25) is 0 Å². The van der Waals surface area contributed by atoms with Crippen molar-refractivity contribution in [1.29, 1.82) is 0 Å². The molecular formula is C12H22N2O9+2. The number of hydrogen-bond acceptors (Lipinski definition) is 7. The predicted molar refractivity (Wildman–Crippen MR) is 71.0 cm³/mol. The second-order valence-corrected chi connectivity index (χ2v) is 5.69. The van der Waals surface area contributed by atoms with Gasteiger partial charge in [-0.1, -0.05) is 0 Å². The number of ketones is 1. The third-order valence-corrected chi connectivity index (χ3v) is 2.35. The molecule has 0 aliphatic heterocycles. The van der Waals surface area contributed by atoms with E-state index < -0.39 is 34.5 Å². The number of ether oxygens (including phenoxy) is 1. The van der Waals surface area contributed by atoms with Gasteiger partial charge >= 0.3 is 16.1 Å². The van der Waals surface area contributed by atoms with Gasteiger partial charge in [0.25, 0.3) is 0 Å². The highest BCUT2D eigenvalue weighted by Crippen LogP contribution is 2.11. The Labute approximate surface area is 132 Å². The molecule has 1 atom stereocenters. The van der Waals surface area contributed by atoms with E-state index in [0.29, 0.717) is 0 Å². The monoisotopic (exact) mass is 338 g/mol. The summed E-state index contributed by atoms with van der Waals surface area (Å²) in [6.45, 7) is 4.53. The van der Waals surface area contributed by atoms with Crippen LogP contribution in [0.25, 0.3) is 0 Å². The molecule has 11 heteroatoms. The van der Waals surface area contributed by atoms with Crippen molar-refractivity contribution in [2.45, 2.75) is 58.2 Å². The van der Waals surface area contributed by atoms with Crippen LogP contribution >= 0.6 is 0 Å². The Balaban J connectivity index is 4.15. The highest BCUT2D eigenvalue weighted by atomic mass is 17.0. The van der Waals surface area contributed by atoms with Crippen molar-refractivity contribution in [3.8, 4) is 0 Å². The Hall–Kier alpha value is -2.46. The highest BCUT2D eigenvalue weighted by molar-refractivity contribution is 5.95. The molecule has 0 fully saturated rings. The second-order valence-electron chi connectivity index (χ2n) is 5.69. The van der Waals surface area contributed by atoms with Gasteiger partial charge in [0.2, 0.25) is 12.7 Å². The fourth-order valence-electron chi connectivity index (χ4n) is 1.59. The van der Waals surface area contributed by atoms with Crippen molar-refractivity contribution < 1.29 is 44.6 Å². The summed E-state index contributed by atoms with van der Waals surface area (Å²) < 4.78 is 5.00. The molecule has 2 N–H and O–H groups in total. The van der Waals surface area contributed by atoms with Crippen LogP contribution < -0.4 is 0 Å². The summed E-state index contributed by atoms with van der Waals surface area (Å²) in [5, 5.41) is 15.1. The smallest absolute Gasteiger partial charge is 0.460 e. The van der Waals surface area contributed by atoms with Crippen LogP contribution in [0.4, 0.5) is 0 Å². The van der Waals surface area contributed by atoms with Crippen molar-refractivity contribution >= 4 is 11.8 Å². The number of esters is 1. The third-order valence-electron chi connectivity index (χ3n) is 2.35. The van der Waals surface area contributed by atoms with Gasteiger partial charge in [0, 0.05) is 6.42 Å². The number of nitrogens with zero attached hydrogens (tertiary/aromatic N) is 2. The minimum atomic E-state index is -1.06. The van der Waals surface area contributed by atoms with Crippen molar-refractivity contribution in [1.82, 2.24) is 0 Å². The van der Waals surface area contributed by atoms with Crippen LogP contribution in [0.5, 0.6) is 0 Å². The van der Waals surface area contributed by atoms with E-state index >= 15 is 0 Å². The lowest BCUT2D eigenvalue weighted by Gasteiger charge is -2.19. The van der Waals surface area contributed by atoms with Gasteiger partial charge in [-0.15, -0.1) is 0 Å². The maximum atomic E-state index is 11.6. The molecule has 1 unspecified atom stereocenters. The zero-order valence-electron chi connectivity index (χ0n) is 13.3. The van der Waals surface area contributed by atoms with Crippen LogP contribution in [0, 0.1) is 9.81 Å². The van der Waals surface area contributed by atoms with Crippen LogP contribution in [-0.4, -0.2) is 50.7 Å². The second kappa shape index (κ2) is 9.54. The van der Waals surface area contributed by atoms with Crippen molar-refractivity contribution in [3.63, 3.8) is 0 Å². The standard InChI is InChI=1S/C12H22N2O9/c1-12(2,3)22-11(16)7-9(15)5-4-6-10(23-14(19)20)8-21-13(17)18/h10H,4-8H2,1-3H3,(H,17,18)(H,19,20)/q+2. The van der Waals surface area contributed by atoms with Gasteiger partial charge in [0.1, 0.15) is 27.6 Å². The Bertz CT molecular complexity index is 444. The summed E-state index contributed by atoms with van der Waals surface area (Å²) in [4.78, 5) is 52.2. The van der Waals surface area contributed by atoms with E-state index in [1.165, 1.54) is 0 Å². The molecule has 11 nitrogen and oxygen atoms in total. The van der Waals surface area contributed by atoms with Crippen LogP contribution in [0.3, 0.4) is 0 Å². The molecule has 0 aromatic rings. The first-order valence-electron chi connectivity index (χ1n) is 6.85. The van der Waals surface area contributed by atoms with Crippen LogP contribution in [0.15, 0.2) is 0 Å². The number of hydrogen-bond donors (Lipinski definition) is 2. The fourth-order valence-corrected chi connectivity index (χ4v) is 1.59. The zero-order valence-corrected chi connectivity index (χ0v) is 13.3. The Kier molecular flexibility index (Phi) is 8.52. The van der Waals surface area contributed by atoms with Gasteiger partial charge in [-0.2, -0.15) is 9.68 Å². The first kappa shape index (κ1) is 20.5. The Morgan fingerprint density at radius 1 is 1.13 bits per heavy atom. The van der Waals surface area contributed by atoms with Crippen molar-refractivity contribution in [2.24, 2.45) is 0 Å². The molecule has 0 aromatic carbocycles. The van der Waals surface area contributed by atoms with Gasteiger partial charge in [0.15, 0.2) is 0 Å². The van der Waals surface area contributed by atoms with Crippen LogP contribution in [-0.2, 0) is 24.0 Å². The summed E-state index contributed by atoms with van der Waals surface area (Å²) in [5.41, 5.74) is -0.680. The van der Waals surface area contributed by atoms with E-state index in [1.807, 2.05) is 0 Å². The van der Waals surface area contributed by atoms with E-state index in [0.717, 1.165) is 0 Å². The van der Waals surface area contributed by atoms with E-state index in [4.69, 9.17) is 15.2 Å². The van der Waals surface area contributed by atoms with E-state index in [2.05, 4.69) is 9.68 Å². The molecule has 0 spiro atoms. The number of carbonyl (C=O) groups excluding carboxylic acids is 2. The molecule has 0 heterocycles. The quantitative estimate of drug-likeness (QED) is 0.320. The maximum Gasteiger partial charge on any atom is 0.475 e. The largest absolute Gasteiger partial charge is 0.475 e. The lowest BCUT2D eigenvalue weighted by atomic mass is 10.1. The number of rotatable bonds is 11. The fraction of sp³-hybridized carbons (Fsp3) is 0.833. The van der Waals surface area contributed by atoms with Gasteiger partial charge in [-0.05, 0) is 33.6 Å². The summed E-state index contributed by atoms with van der Waals surface area (Å²) in [5.74, 6) is -1.00. The molecule has 23 heavy (non-hydrogen) atoms. The molecular weight excluding hydrogens is 316 g/mol.